The molecule has 1 unspecified atom stereocenters. The Kier molecular flexibility index (Phi) is 6.64. The summed E-state index contributed by atoms with van der Waals surface area (Å²) in [7, 11) is 1.46. The lowest BCUT2D eigenvalue weighted by atomic mass is 9.87. The molecule has 1 saturated carbocycles. The van der Waals surface area contributed by atoms with Gasteiger partial charge in [-0.2, -0.15) is 0 Å². The number of rotatable bonds is 6. The lowest BCUT2D eigenvalue weighted by molar-refractivity contribution is -0.149. The molecular formula is C25H29FO5. The van der Waals surface area contributed by atoms with Gasteiger partial charge in [0.25, 0.3) is 0 Å². The summed E-state index contributed by atoms with van der Waals surface area (Å²) in [5.41, 5.74) is 1.58. The fraction of sp³-hybridized carbons (Fsp3) is 0.480. The smallest absolute Gasteiger partial charge is 0.308 e. The van der Waals surface area contributed by atoms with E-state index in [0.29, 0.717) is 18.6 Å². The molecule has 0 radical (unpaired) electrons. The van der Waals surface area contributed by atoms with Crippen LogP contribution in [0.15, 0.2) is 36.4 Å². The van der Waals surface area contributed by atoms with E-state index in [-0.39, 0.29) is 35.7 Å². The van der Waals surface area contributed by atoms with Crippen molar-refractivity contribution in [2.45, 2.75) is 57.7 Å². The standard InChI is InChI=1S/C25H29FO5/c1-3-29-25(27)16-7-10-18(11-8-16)30-19-12-14-21-17(15-19)9-13-22(31-21)20-5-4-6-23(28-2)24(20)26/h4-6,12,14-16,18,22H,3,7-11,13H2,1-2H3. The van der Waals surface area contributed by atoms with Crippen molar-refractivity contribution >= 4 is 5.97 Å². The molecule has 1 fully saturated rings. The molecule has 1 aliphatic carbocycles. The number of carbonyl (C=O) groups is 1. The second-order valence-electron chi connectivity index (χ2n) is 8.12. The number of halogens is 1. The quantitative estimate of drug-likeness (QED) is 0.577. The third kappa shape index (κ3) is 4.78. The van der Waals surface area contributed by atoms with Gasteiger partial charge in [-0.3, -0.25) is 4.79 Å². The van der Waals surface area contributed by atoms with E-state index >= 15 is 0 Å². The first-order chi connectivity index (χ1) is 15.1. The summed E-state index contributed by atoms with van der Waals surface area (Å²) in [4.78, 5) is 11.9. The van der Waals surface area contributed by atoms with Crippen molar-refractivity contribution in [1.82, 2.24) is 0 Å². The molecule has 0 aromatic heterocycles. The lowest BCUT2D eigenvalue weighted by Crippen LogP contribution is -2.29. The van der Waals surface area contributed by atoms with Crippen LogP contribution in [0.4, 0.5) is 4.39 Å². The molecule has 0 N–H and O–H groups in total. The first-order valence-corrected chi connectivity index (χ1v) is 11.0. The van der Waals surface area contributed by atoms with Crippen molar-refractivity contribution in [2.24, 2.45) is 5.92 Å². The first kappa shape index (κ1) is 21.5. The van der Waals surface area contributed by atoms with Crippen molar-refractivity contribution < 1.29 is 28.1 Å². The Bertz CT molecular complexity index is 920. The Morgan fingerprint density at radius 3 is 2.68 bits per heavy atom. The zero-order valence-electron chi connectivity index (χ0n) is 18.1. The number of benzene rings is 2. The van der Waals surface area contributed by atoms with Crippen molar-refractivity contribution in [3.63, 3.8) is 0 Å². The van der Waals surface area contributed by atoms with E-state index in [0.717, 1.165) is 49.2 Å². The van der Waals surface area contributed by atoms with Crippen molar-refractivity contribution in [3.05, 3.63) is 53.3 Å². The average molecular weight is 429 g/mol. The minimum atomic E-state index is -0.364. The van der Waals surface area contributed by atoms with Crippen LogP contribution in [0.2, 0.25) is 0 Å². The Balaban J connectivity index is 1.37. The van der Waals surface area contributed by atoms with Crippen LogP contribution in [0.1, 0.15) is 56.3 Å². The van der Waals surface area contributed by atoms with Gasteiger partial charge in [0, 0.05) is 5.56 Å². The fourth-order valence-electron chi connectivity index (χ4n) is 4.46. The number of methoxy groups -OCH3 is 1. The molecule has 1 heterocycles. The van der Waals surface area contributed by atoms with Crippen LogP contribution < -0.4 is 14.2 Å². The highest BCUT2D eigenvalue weighted by atomic mass is 19.1. The molecule has 6 heteroatoms. The van der Waals surface area contributed by atoms with E-state index in [1.54, 1.807) is 18.2 Å². The number of hydrogen-bond acceptors (Lipinski definition) is 5. The highest BCUT2D eigenvalue weighted by molar-refractivity contribution is 5.72. The van der Waals surface area contributed by atoms with Gasteiger partial charge in [-0.15, -0.1) is 0 Å². The van der Waals surface area contributed by atoms with Crippen LogP contribution in [-0.4, -0.2) is 25.8 Å². The number of carbonyl (C=O) groups excluding carboxylic acids is 1. The topological polar surface area (TPSA) is 54.0 Å². The number of ether oxygens (including phenoxy) is 4. The predicted octanol–water partition coefficient (Wildman–Crippen LogP) is 5.40. The van der Waals surface area contributed by atoms with Gasteiger partial charge in [-0.1, -0.05) is 12.1 Å². The summed E-state index contributed by atoms with van der Waals surface area (Å²) < 4.78 is 37.1. The molecule has 4 rings (SSSR count). The Labute approximate surface area is 182 Å². The van der Waals surface area contributed by atoms with Crippen molar-refractivity contribution in [3.8, 4) is 17.2 Å². The first-order valence-electron chi connectivity index (χ1n) is 11.0. The van der Waals surface area contributed by atoms with E-state index in [4.69, 9.17) is 18.9 Å². The Hall–Kier alpha value is -2.76. The molecule has 0 bridgehead atoms. The zero-order chi connectivity index (χ0) is 21.8. The highest BCUT2D eigenvalue weighted by Gasteiger charge is 2.29. The third-order valence-corrected chi connectivity index (χ3v) is 6.13. The molecular weight excluding hydrogens is 399 g/mol. The van der Waals surface area contributed by atoms with E-state index in [2.05, 4.69) is 0 Å². The Morgan fingerprint density at radius 1 is 1.13 bits per heavy atom. The van der Waals surface area contributed by atoms with Gasteiger partial charge in [0.15, 0.2) is 11.6 Å². The fourth-order valence-corrected chi connectivity index (χ4v) is 4.46. The molecule has 2 aromatic rings. The van der Waals surface area contributed by atoms with E-state index < -0.39 is 0 Å². The third-order valence-electron chi connectivity index (χ3n) is 6.13. The van der Waals surface area contributed by atoms with Crippen molar-refractivity contribution in [1.29, 1.82) is 0 Å². The van der Waals surface area contributed by atoms with Gasteiger partial charge >= 0.3 is 5.97 Å². The van der Waals surface area contributed by atoms with Crippen LogP contribution in [0.25, 0.3) is 0 Å². The minimum Gasteiger partial charge on any atom is -0.494 e. The van der Waals surface area contributed by atoms with Crippen LogP contribution in [0.5, 0.6) is 17.2 Å². The van der Waals surface area contributed by atoms with Crippen LogP contribution >= 0.6 is 0 Å². The molecule has 2 aliphatic rings. The van der Waals surface area contributed by atoms with Crippen LogP contribution in [-0.2, 0) is 16.0 Å². The largest absolute Gasteiger partial charge is 0.494 e. The number of esters is 1. The molecule has 1 atom stereocenters. The van der Waals surface area contributed by atoms with Gasteiger partial charge in [-0.05, 0) is 75.3 Å². The maximum Gasteiger partial charge on any atom is 0.308 e. The van der Waals surface area contributed by atoms with E-state index in [1.807, 2.05) is 25.1 Å². The summed E-state index contributed by atoms with van der Waals surface area (Å²) in [6.07, 6.45) is 4.51. The summed E-state index contributed by atoms with van der Waals surface area (Å²) in [6.45, 7) is 2.26. The van der Waals surface area contributed by atoms with Crippen LogP contribution in [0.3, 0.4) is 0 Å². The van der Waals surface area contributed by atoms with Gasteiger partial charge in [-0.25, -0.2) is 4.39 Å². The molecule has 0 saturated heterocycles. The monoisotopic (exact) mass is 428 g/mol. The molecule has 31 heavy (non-hydrogen) atoms. The second kappa shape index (κ2) is 9.58. The maximum absolute atomic E-state index is 14.6. The summed E-state index contributed by atoms with van der Waals surface area (Å²) >= 11 is 0. The predicted molar refractivity (Wildman–Crippen MR) is 114 cm³/mol. The molecule has 166 valence electrons. The summed E-state index contributed by atoms with van der Waals surface area (Å²) in [5.74, 6) is 1.34. The maximum atomic E-state index is 14.6. The summed E-state index contributed by atoms with van der Waals surface area (Å²) in [6, 6.07) is 11.0. The van der Waals surface area contributed by atoms with Gasteiger partial charge in [0.1, 0.15) is 17.6 Å². The average Bonchev–Trinajstić information content (AvgIpc) is 2.79. The number of fused-ring (bicyclic) bond motifs is 1. The molecule has 5 nitrogen and oxygen atoms in total. The second-order valence-corrected chi connectivity index (χ2v) is 8.12. The molecule has 0 amide bonds. The summed E-state index contributed by atoms with van der Waals surface area (Å²) in [5, 5.41) is 0. The normalized spacial score (nSPS) is 22.7. The molecule has 1 aliphatic heterocycles. The van der Waals surface area contributed by atoms with Crippen LogP contribution in [0, 0.1) is 11.7 Å². The van der Waals surface area contributed by atoms with E-state index in [9.17, 15) is 9.18 Å². The molecule has 0 spiro atoms. The number of hydrogen-bond donors (Lipinski definition) is 0. The number of aryl methyl sites for hydroxylation is 1. The van der Waals surface area contributed by atoms with Gasteiger partial charge in [0.05, 0.1) is 25.7 Å². The molecule has 2 aromatic carbocycles. The van der Waals surface area contributed by atoms with Gasteiger partial charge in [0.2, 0.25) is 0 Å². The minimum absolute atomic E-state index is 0.00864. The lowest BCUT2D eigenvalue weighted by Gasteiger charge is -2.29. The van der Waals surface area contributed by atoms with E-state index in [1.165, 1.54) is 7.11 Å². The zero-order valence-corrected chi connectivity index (χ0v) is 18.1. The van der Waals surface area contributed by atoms with Crippen molar-refractivity contribution in [2.75, 3.05) is 13.7 Å². The highest BCUT2D eigenvalue weighted by Crippen LogP contribution is 2.39. The van der Waals surface area contributed by atoms with Gasteiger partial charge < -0.3 is 18.9 Å². The SMILES string of the molecule is CCOC(=O)C1CCC(Oc2ccc3c(c2)CCC(c2cccc(OC)c2F)O3)CC1. The Morgan fingerprint density at radius 2 is 1.94 bits per heavy atom.